The summed E-state index contributed by atoms with van der Waals surface area (Å²) in [6.07, 6.45) is 5.40. The van der Waals surface area contributed by atoms with Crippen molar-refractivity contribution in [1.82, 2.24) is 30.0 Å². The predicted molar refractivity (Wildman–Crippen MR) is 141 cm³/mol. The normalized spacial score (nSPS) is 14.2. The maximum Gasteiger partial charge on any atom is 0.164 e. The van der Waals surface area contributed by atoms with Gasteiger partial charge in [0.25, 0.3) is 0 Å². The van der Waals surface area contributed by atoms with E-state index >= 15 is 0 Å². The van der Waals surface area contributed by atoms with E-state index in [2.05, 4.69) is 50.2 Å². The molecule has 0 bridgehead atoms. The van der Waals surface area contributed by atoms with Gasteiger partial charge < -0.3 is 14.4 Å². The summed E-state index contributed by atoms with van der Waals surface area (Å²) in [5.41, 5.74) is 3.92. The van der Waals surface area contributed by atoms with E-state index in [1.807, 2.05) is 18.3 Å². The number of fused-ring (bicyclic) bond motifs is 2. The van der Waals surface area contributed by atoms with Crippen LogP contribution in [0.3, 0.4) is 0 Å². The molecular weight excluding hydrogens is 474 g/mol. The maximum atomic E-state index is 5.61. The number of morpholine rings is 1. The molecule has 0 atom stereocenters. The van der Waals surface area contributed by atoms with Gasteiger partial charge in [0.2, 0.25) is 0 Å². The van der Waals surface area contributed by atoms with Gasteiger partial charge in [0, 0.05) is 48.2 Å². The molecule has 4 aromatic heterocycles. The van der Waals surface area contributed by atoms with Crippen molar-refractivity contribution in [2.75, 3.05) is 45.4 Å². The first-order valence-corrected chi connectivity index (χ1v) is 12.7. The first kappa shape index (κ1) is 22.8. The van der Waals surface area contributed by atoms with Crippen LogP contribution in [0, 0.1) is 0 Å². The van der Waals surface area contributed by atoms with E-state index in [0.29, 0.717) is 19.0 Å². The van der Waals surface area contributed by atoms with Crippen LogP contribution in [0.15, 0.2) is 48.9 Å². The number of benzene rings is 1. The Morgan fingerprint density at radius 2 is 2.00 bits per heavy atom. The number of rotatable bonds is 7. The molecule has 6 rings (SSSR count). The minimum Gasteiger partial charge on any atom is -0.497 e. The number of hydrogen-bond acceptors (Lipinski definition) is 9. The van der Waals surface area contributed by atoms with Crippen molar-refractivity contribution in [3.05, 3.63) is 59.4 Å². The van der Waals surface area contributed by atoms with Gasteiger partial charge in [-0.2, -0.15) is 5.10 Å². The van der Waals surface area contributed by atoms with Crippen molar-refractivity contribution in [3.8, 4) is 17.1 Å². The summed E-state index contributed by atoms with van der Waals surface area (Å²) in [5, 5.41) is 8.14. The number of ether oxygens (including phenoxy) is 2. The number of H-pyrrole nitrogens is 1. The molecule has 1 N–H and O–H groups in total. The average molecular weight is 502 g/mol. The fourth-order valence-electron chi connectivity index (χ4n) is 4.60. The summed E-state index contributed by atoms with van der Waals surface area (Å²) in [6, 6.07) is 10.4. The first-order valence-electron chi connectivity index (χ1n) is 11.9. The van der Waals surface area contributed by atoms with Crippen LogP contribution in [0.5, 0.6) is 5.75 Å². The Hall–Kier alpha value is -3.60. The molecule has 1 aromatic carbocycles. The Labute approximate surface area is 212 Å². The summed E-state index contributed by atoms with van der Waals surface area (Å²) in [5.74, 6) is 2.51. The molecule has 9 nitrogen and oxygen atoms in total. The number of methoxy groups -OCH3 is 1. The van der Waals surface area contributed by atoms with Crippen LogP contribution < -0.4 is 9.64 Å². The third kappa shape index (κ3) is 4.50. The third-order valence-corrected chi connectivity index (χ3v) is 7.44. The number of thiophene rings is 1. The number of anilines is 1. The van der Waals surface area contributed by atoms with Crippen molar-refractivity contribution in [1.29, 1.82) is 0 Å². The molecule has 1 fully saturated rings. The van der Waals surface area contributed by atoms with Gasteiger partial charge in [-0.25, -0.2) is 9.97 Å². The van der Waals surface area contributed by atoms with Crippen molar-refractivity contribution >= 4 is 38.3 Å². The molecule has 0 aliphatic carbocycles. The highest BCUT2D eigenvalue weighted by molar-refractivity contribution is 7.19. The molecule has 10 heteroatoms. The Bertz CT molecular complexity index is 1510. The van der Waals surface area contributed by atoms with Gasteiger partial charge in [0.05, 0.1) is 48.5 Å². The molecule has 1 aliphatic rings. The lowest BCUT2D eigenvalue weighted by atomic mass is 10.2. The zero-order chi connectivity index (χ0) is 24.5. The number of aromatic amines is 1. The lowest BCUT2D eigenvalue weighted by Gasteiger charge is -2.28. The smallest absolute Gasteiger partial charge is 0.164 e. The summed E-state index contributed by atoms with van der Waals surface area (Å²) in [7, 11) is 3.83. The molecular formula is C26H27N7O2S. The van der Waals surface area contributed by atoms with Gasteiger partial charge in [-0.05, 0) is 30.8 Å². The molecule has 1 aliphatic heterocycles. The molecule has 0 radical (unpaired) electrons. The van der Waals surface area contributed by atoms with Gasteiger partial charge >= 0.3 is 0 Å². The quantitative estimate of drug-likeness (QED) is 0.356. The molecule has 1 saturated heterocycles. The monoisotopic (exact) mass is 501 g/mol. The van der Waals surface area contributed by atoms with Gasteiger partial charge in [-0.3, -0.25) is 15.0 Å². The Morgan fingerprint density at radius 1 is 1.11 bits per heavy atom. The molecule has 0 amide bonds. The molecule has 36 heavy (non-hydrogen) atoms. The second-order valence-corrected chi connectivity index (χ2v) is 10.1. The second kappa shape index (κ2) is 9.81. The van der Waals surface area contributed by atoms with Crippen molar-refractivity contribution in [3.63, 3.8) is 0 Å². The Kier molecular flexibility index (Phi) is 6.22. The molecule has 184 valence electrons. The SMILES string of the molecule is COc1cccc(CN(C)Cc2cc3nc(-c4cncc5[nH]ncc45)nc(N4CCOCC4)c3s2)c1. The van der Waals surface area contributed by atoms with Crippen LogP contribution in [0.4, 0.5) is 5.82 Å². The topological polar surface area (TPSA) is 92.3 Å². The van der Waals surface area contributed by atoms with Crippen molar-refractivity contribution in [2.24, 2.45) is 0 Å². The highest BCUT2D eigenvalue weighted by atomic mass is 32.1. The standard InChI is InChI=1S/C26H27N7O2S/c1-32(15-17-4-3-5-18(10-17)34-2)16-19-11-22-24(36-19)26(33-6-8-35-9-7-33)30-25(29-22)21-12-27-14-23-20(21)13-28-31-23/h3-5,10-14H,6-9,15-16H2,1-2H3,(H,28,31). The molecule has 5 heterocycles. The number of nitrogens with one attached hydrogen (secondary N) is 1. The lowest BCUT2D eigenvalue weighted by molar-refractivity contribution is 0.122. The van der Waals surface area contributed by atoms with Crippen LogP contribution in [0.1, 0.15) is 10.4 Å². The number of aromatic nitrogens is 5. The van der Waals surface area contributed by atoms with E-state index in [0.717, 1.165) is 64.4 Å². The Morgan fingerprint density at radius 3 is 2.86 bits per heavy atom. The highest BCUT2D eigenvalue weighted by Gasteiger charge is 2.21. The highest BCUT2D eigenvalue weighted by Crippen LogP contribution is 2.36. The minimum atomic E-state index is 0.664. The minimum absolute atomic E-state index is 0.664. The summed E-state index contributed by atoms with van der Waals surface area (Å²) in [6.45, 7) is 4.65. The van der Waals surface area contributed by atoms with E-state index in [9.17, 15) is 0 Å². The zero-order valence-electron chi connectivity index (χ0n) is 20.3. The largest absolute Gasteiger partial charge is 0.497 e. The summed E-state index contributed by atoms with van der Waals surface area (Å²) < 4.78 is 12.1. The van der Waals surface area contributed by atoms with Gasteiger partial charge in [-0.1, -0.05) is 12.1 Å². The summed E-state index contributed by atoms with van der Waals surface area (Å²) >= 11 is 1.77. The van der Waals surface area contributed by atoms with Crippen LogP contribution in [-0.4, -0.2) is 70.5 Å². The fraction of sp³-hybridized carbons (Fsp3) is 0.308. The van der Waals surface area contributed by atoms with Crippen LogP contribution in [0.2, 0.25) is 0 Å². The van der Waals surface area contributed by atoms with E-state index in [4.69, 9.17) is 19.4 Å². The average Bonchev–Trinajstić information content (AvgIpc) is 3.55. The molecule has 5 aromatic rings. The zero-order valence-corrected chi connectivity index (χ0v) is 21.1. The first-order chi connectivity index (χ1) is 17.7. The van der Waals surface area contributed by atoms with Gasteiger partial charge in [-0.15, -0.1) is 11.3 Å². The number of hydrogen-bond donors (Lipinski definition) is 1. The second-order valence-electron chi connectivity index (χ2n) is 8.94. The van der Waals surface area contributed by atoms with Crippen LogP contribution >= 0.6 is 11.3 Å². The van der Waals surface area contributed by atoms with E-state index in [1.54, 1.807) is 30.8 Å². The molecule has 0 spiro atoms. The maximum absolute atomic E-state index is 5.61. The van der Waals surface area contributed by atoms with E-state index < -0.39 is 0 Å². The molecule has 0 saturated carbocycles. The number of nitrogens with zero attached hydrogens (tertiary/aromatic N) is 6. The van der Waals surface area contributed by atoms with Gasteiger partial charge in [0.1, 0.15) is 5.75 Å². The molecule has 0 unspecified atom stereocenters. The van der Waals surface area contributed by atoms with Crippen LogP contribution in [0.25, 0.3) is 32.5 Å². The summed E-state index contributed by atoms with van der Waals surface area (Å²) in [4.78, 5) is 20.3. The predicted octanol–water partition coefficient (Wildman–Crippen LogP) is 4.11. The van der Waals surface area contributed by atoms with Gasteiger partial charge in [0.15, 0.2) is 11.6 Å². The van der Waals surface area contributed by atoms with Crippen molar-refractivity contribution in [2.45, 2.75) is 13.1 Å². The van der Waals surface area contributed by atoms with Crippen molar-refractivity contribution < 1.29 is 9.47 Å². The Balaban J connectivity index is 1.36. The van der Waals surface area contributed by atoms with E-state index in [1.165, 1.54) is 10.4 Å². The fourth-order valence-corrected chi connectivity index (χ4v) is 5.79. The van der Waals surface area contributed by atoms with E-state index in [-0.39, 0.29) is 0 Å². The van der Waals surface area contributed by atoms with Crippen LogP contribution in [-0.2, 0) is 17.8 Å². The lowest BCUT2D eigenvalue weighted by Crippen LogP contribution is -2.36. The third-order valence-electron chi connectivity index (χ3n) is 6.33. The number of pyridine rings is 1.